The summed E-state index contributed by atoms with van der Waals surface area (Å²) in [5.41, 5.74) is 0. The maximum absolute atomic E-state index is 12.7. The molecule has 0 radical (unpaired) electrons. The highest BCUT2D eigenvalue weighted by Gasteiger charge is 2.16. The first kappa shape index (κ1) is 10.9. The van der Waals surface area contributed by atoms with Crippen LogP contribution in [0.4, 0.5) is 4.39 Å². The summed E-state index contributed by atoms with van der Waals surface area (Å²) >= 11 is 3.15. The van der Waals surface area contributed by atoms with Gasteiger partial charge in [0.2, 0.25) is 0 Å². The number of carbonyl (C=O) groups excluding carboxylic acids is 1. The molecule has 1 unspecified atom stereocenters. The minimum absolute atomic E-state index is 0.240. The minimum Gasteiger partial charge on any atom is -0.464 e. The minimum atomic E-state index is -1.45. The highest BCUT2D eigenvalue weighted by atomic mass is 79.9. The average Bonchev–Trinajstić information content (AvgIpc) is 2.00. The summed E-state index contributed by atoms with van der Waals surface area (Å²) in [5, 5.41) is 0.715. The van der Waals surface area contributed by atoms with Crippen LogP contribution in [0.2, 0.25) is 0 Å². The number of rotatable bonds is 5. The van der Waals surface area contributed by atoms with Crippen molar-refractivity contribution in [1.29, 1.82) is 0 Å². The number of alkyl halides is 2. The van der Waals surface area contributed by atoms with Crippen LogP contribution < -0.4 is 0 Å². The van der Waals surface area contributed by atoms with Gasteiger partial charge in [0.1, 0.15) is 0 Å². The lowest BCUT2D eigenvalue weighted by atomic mass is 10.2. The lowest BCUT2D eigenvalue weighted by molar-refractivity contribution is -0.149. The van der Waals surface area contributed by atoms with Gasteiger partial charge in [-0.05, 0) is 19.8 Å². The smallest absolute Gasteiger partial charge is 0.340 e. The van der Waals surface area contributed by atoms with E-state index in [0.29, 0.717) is 11.8 Å². The molecule has 0 saturated carbocycles. The Labute approximate surface area is 74.2 Å². The molecule has 2 nitrogen and oxygen atoms in total. The molecule has 1 atom stereocenters. The van der Waals surface area contributed by atoms with Crippen LogP contribution in [0.3, 0.4) is 0 Å². The largest absolute Gasteiger partial charge is 0.464 e. The van der Waals surface area contributed by atoms with E-state index in [4.69, 9.17) is 0 Å². The van der Waals surface area contributed by atoms with Gasteiger partial charge in [0.05, 0.1) is 6.61 Å². The summed E-state index contributed by atoms with van der Waals surface area (Å²) < 4.78 is 17.1. The van der Waals surface area contributed by atoms with Crippen molar-refractivity contribution in [1.82, 2.24) is 0 Å². The Morgan fingerprint density at radius 2 is 2.36 bits per heavy atom. The van der Waals surface area contributed by atoms with Crippen LogP contribution in [0.1, 0.15) is 19.8 Å². The zero-order chi connectivity index (χ0) is 8.69. The van der Waals surface area contributed by atoms with Crippen LogP contribution in [0.15, 0.2) is 0 Å². The van der Waals surface area contributed by atoms with E-state index in [1.165, 1.54) is 0 Å². The fourth-order valence-corrected chi connectivity index (χ4v) is 0.931. The predicted octanol–water partition coefficient (Wildman–Crippen LogP) is 2.06. The van der Waals surface area contributed by atoms with Crippen LogP contribution in [0.5, 0.6) is 0 Å². The van der Waals surface area contributed by atoms with E-state index in [9.17, 15) is 9.18 Å². The molecule has 0 spiro atoms. The second kappa shape index (κ2) is 6.58. The number of ether oxygens (including phenoxy) is 1. The zero-order valence-corrected chi connectivity index (χ0v) is 8.06. The fourth-order valence-electron chi connectivity index (χ4n) is 0.607. The molecular formula is C7H12BrFO2. The molecule has 0 aromatic rings. The maximum Gasteiger partial charge on any atom is 0.340 e. The van der Waals surface area contributed by atoms with Gasteiger partial charge in [-0.25, -0.2) is 9.18 Å². The number of hydrogen-bond donors (Lipinski definition) is 0. The molecule has 11 heavy (non-hydrogen) atoms. The van der Waals surface area contributed by atoms with E-state index in [-0.39, 0.29) is 13.0 Å². The van der Waals surface area contributed by atoms with Crippen LogP contribution in [-0.4, -0.2) is 24.1 Å². The highest BCUT2D eigenvalue weighted by molar-refractivity contribution is 9.09. The lowest BCUT2D eigenvalue weighted by Crippen LogP contribution is -2.18. The van der Waals surface area contributed by atoms with Crippen molar-refractivity contribution in [3.63, 3.8) is 0 Å². The second-order valence-corrected chi connectivity index (χ2v) is 2.84. The van der Waals surface area contributed by atoms with Crippen molar-refractivity contribution in [2.75, 3.05) is 11.9 Å². The topological polar surface area (TPSA) is 26.3 Å². The van der Waals surface area contributed by atoms with Crippen LogP contribution in [-0.2, 0) is 9.53 Å². The van der Waals surface area contributed by atoms with Crippen LogP contribution >= 0.6 is 15.9 Å². The van der Waals surface area contributed by atoms with Crippen molar-refractivity contribution < 1.29 is 13.9 Å². The molecule has 0 heterocycles. The Balaban J connectivity index is 3.46. The molecule has 0 aromatic heterocycles. The predicted molar refractivity (Wildman–Crippen MR) is 44.6 cm³/mol. The quantitative estimate of drug-likeness (QED) is 0.530. The second-order valence-electron chi connectivity index (χ2n) is 2.05. The third kappa shape index (κ3) is 5.18. The standard InChI is InChI=1S/C7H12BrFO2/c1-2-11-7(10)6(9)4-3-5-8/h6H,2-5H2,1H3. The van der Waals surface area contributed by atoms with E-state index in [1.54, 1.807) is 6.92 Å². The molecule has 0 rings (SSSR count). The molecule has 0 aliphatic rings. The van der Waals surface area contributed by atoms with Crippen LogP contribution in [0.25, 0.3) is 0 Å². The molecule has 0 aliphatic carbocycles. The van der Waals surface area contributed by atoms with Crippen molar-refractivity contribution in [2.24, 2.45) is 0 Å². The third-order valence-corrected chi connectivity index (χ3v) is 1.69. The lowest BCUT2D eigenvalue weighted by Gasteiger charge is -2.05. The van der Waals surface area contributed by atoms with Crippen molar-refractivity contribution >= 4 is 21.9 Å². The Bertz CT molecular complexity index is 119. The molecule has 0 aromatic carbocycles. The van der Waals surface area contributed by atoms with Gasteiger partial charge in [-0.15, -0.1) is 0 Å². The first-order valence-electron chi connectivity index (χ1n) is 3.59. The Hall–Kier alpha value is -0.120. The molecule has 0 saturated heterocycles. The summed E-state index contributed by atoms with van der Waals surface area (Å²) in [5.74, 6) is -0.742. The van der Waals surface area contributed by atoms with Gasteiger partial charge in [0.25, 0.3) is 0 Å². The molecule has 0 amide bonds. The van der Waals surface area contributed by atoms with Crippen LogP contribution in [0, 0.1) is 0 Å². The highest BCUT2D eigenvalue weighted by Crippen LogP contribution is 2.05. The summed E-state index contributed by atoms with van der Waals surface area (Å²) in [6.07, 6.45) is -0.558. The molecule has 0 bridgehead atoms. The van der Waals surface area contributed by atoms with Gasteiger partial charge >= 0.3 is 5.97 Å². The molecular weight excluding hydrogens is 215 g/mol. The zero-order valence-electron chi connectivity index (χ0n) is 6.48. The molecule has 0 fully saturated rings. The summed E-state index contributed by atoms with van der Waals surface area (Å²) in [4.78, 5) is 10.6. The average molecular weight is 227 g/mol. The SMILES string of the molecule is CCOC(=O)C(F)CCCBr. The van der Waals surface area contributed by atoms with Gasteiger partial charge in [-0.3, -0.25) is 0 Å². The fraction of sp³-hybridized carbons (Fsp3) is 0.857. The van der Waals surface area contributed by atoms with E-state index in [1.807, 2.05) is 0 Å². The summed E-state index contributed by atoms with van der Waals surface area (Å²) in [6, 6.07) is 0. The van der Waals surface area contributed by atoms with Gasteiger partial charge in [0, 0.05) is 5.33 Å². The molecule has 0 N–H and O–H groups in total. The van der Waals surface area contributed by atoms with E-state index >= 15 is 0 Å². The van der Waals surface area contributed by atoms with Gasteiger partial charge < -0.3 is 4.74 Å². The molecule has 66 valence electrons. The van der Waals surface area contributed by atoms with Gasteiger partial charge in [-0.2, -0.15) is 0 Å². The Morgan fingerprint density at radius 1 is 1.73 bits per heavy atom. The normalized spacial score (nSPS) is 12.6. The number of carbonyl (C=O) groups is 1. The Kier molecular flexibility index (Phi) is 6.51. The van der Waals surface area contributed by atoms with E-state index in [0.717, 1.165) is 0 Å². The van der Waals surface area contributed by atoms with Crippen molar-refractivity contribution in [3.8, 4) is 0 Å². The molecule has 4 heteroatoms. The Morgan fingerprint density at radius 3 is 2.82 bits per heavy atom. The first-order chi connectivity index (χ1) is 5.22. The number of halogens is 2. The third-order valence-electron chi connectivity index (χ3n) is 1.13. The van der Waals surface area contributed by atoms with Gasteiger partial charge in [-0.1, -0.05) is 15.9 Å². The van der Waals surface area contributed by atoms with Crippen molar-refractivity contribution in [2.45, 2.75) is 25.9 Å². The van der Waals surface area contributed by atoms with E-state index < -0.39 is 12.1 Å². The first-order valence-corrected chi connectivity index (χ1v) is 4.71. The van der Waals surface area contributed by atoms with E-state index in [2.05, 4.69) is 20.7 Å². The number of esters is 1. The maximum atomic E-state index is 12.7. The molecule has 0 aliphatic heterocycles. The number of hydrogen-bond acceptors (Lipinski definition) is 2. The summed E-state index contributed by atoms with van der Waals surface area (Å²) in [6.45, 7) is 1.91. The van der Waals surface area contributed by atoms with Gasteiger partial charge in [0.15, 0.2) is 6.17 Å². The monoisotopic (exact) mass is 226 g/mol. The summed E-state index contributed by atoms with van der Waals surface area (Å²) in [7, 11) is 0. The van der Waals surface area contributed by atoms with Crippen molar-refractivity contribution in [3.05, 3.63) is 0 Å².